The van der Waals surface area contributed by atoms with E-state index in [0.717, 1.165) is 32.2 Å². The lowest BCUT2D eigenvalue weighted by Crippen LogP contribution is -2.49. The second kappa shape index (κ2) is 9.38. The molecule has 36 heavy (non-hydrogen) atoms. The Morgan fingerprint density at radius 3 is 2.28 bits per heavy atom. The first-order valence-corrected chi connectivity index (χ1v) is 13.1. The number of ether oxygens (including phenoxy) is 2. The molecule has 0 saturated heterocycles. The van der Waals surface area contributed by atoms with Gasteiger partial charge in [0.15, 0.2) is 0 Å². The quantitative estimate of drug-likeness (QED) is 0.348. The summed E-state index contributed by atoms with van der Waals surface area (Å²) < 4.78 is 12.1. The number of hydrogen-bond acceptors (Lipinski definition) is 5. The zero-order chi connectivity index (χ0) is 24.7. The molecular formula is C31H33NO4. The molecule has 1 N–H and O–H groups in total. The highest BCUT2D eigenvalue weighted by molar-refractivity contribution is 5.88. The predicted octanol–water partition coefficient (Wildman–Crippen LogP) is 5.30. The van der Waals surface area contributed by atoms with E-state index in [0.29, 0.717) is 40.5 Å². The SMILES string of the molecule is CN(CCCCc1ccccc1)C1CC2CC1C2OC(=O)C1(O)c2ccccc2Oc2ccccc21. The van der Waals surface area contributed by atoms with Gasteiger partial charge in [-0.1, -0.05) is 66.7 Å². The van der Waals surface area contributed by atoms with Crippen LogP contribution in [0.25, 0.3) is 0 Å². The number of rotatable bonds is 8. The van der Waals surface area contributed by atoms with E-state index < -0.39 is 11.6 Å². The molecule has 0 aromatic heterocycles. The van der Waals surface area contributed by atoms with Crippen molar-refractivity contribution < 1.29 is 19.4 Å². The summed E-state index contributed by atoms with van der Waals surface area (Å²) in [6.07, 6.45) is 5.42. The monoisotopic (exact) mass is 483 g/mol. The van der Waals surface area contributed by atoms with Crippen molar-refractivity contribution in [3.05, 3.63) is 95.6 Å². The number of esters is 1. The minimum Gasteiger partial charge on any atom is -0.459 e. The molecule has 3 aromatic rings. The fraction of sp³-hybridized carbons (Fsp3) is 0.387. The average Bonchev–Trinajstić information content (AvgIpc) is 3.51. The van der Waals surface area contributed by atoms with Crippen LogP contribution >= 0.6 is 0 Å². The van der Waals surface area contributed by atoms with Crippen LogP contribution in [-0.2, 0) is 21.6 Å². The van der Waals surface area contributed by atoms with Crippen LogP contribution in [0.2, 0.25) is 0 Å². The van der Waals surface area contributed by atoms with Crippen molar-refractivity contribution in [3.63, 3.8) is 0 Å². The van der Waals surface area contributed by atoms with E-state index in [1.54, 1.807) is 24.3 Å². The summed E-state index contributed by atoms with van der Waals surface area (Å²) in [4.78, 5) is 16.1. The Labute approximate surface area is 212 Å². The van der Waals surface area contributed by atoms with Gasteiger partial charge in [-0.2, -0.15) is 0 Å². The second-order valence-electron chi connectivity index (χ2n) is 10.6. The van der Waals surface area contributed by atoms with Gasteiger partial charge in [-0.3, -0.25) is 0 Å². The van der Waals surface area contributed by atoms with Crippen LogP contribution in [0.4, 0.5) is 0 Å². The number of hydrogen-bond donors (Lipinski definition) is 1. The van der Waals surface area contributed by atoms with Crippen LogP contribution < -0.4 is 4.74 Å². The van der Waals surface area contributed by atoms with E-state index in [4.69, 9.17) is 9.47 Å². The van der Waals surface area contributed by atoms with Crippen molar-refractivity contribution >= 4 is 5.97 Å². The van der Waals surface area contributed by atoms with Crippen molar-refractivity contribution in [2.24, 2.45) is 11.8 Å². The molecule has 1 aliphatic heterocycles. The molecule has 5 nitrogen and oxygen atoms in total. The first-order valence-electron chi connectivity index (χ1n) is 13.1. The fourth-order valence-electron chi connectivity index (χ4n) is 6.46. The lowest BCUT2D eigenvalue weighted by atomic mass is 9.79. The van der Waals surface area contributed by atoms with Gasteiger partial charge in [0.05, 0.1) is 0 Å². The summed E-state index contributed by atoms with van der Waals surface area (Å²) >= 11 is 0. The third kappa shape index (κ3) is 3.91. The standard InChI is InChI=1S/C31H33NO4/c1-32(18-10-9-13-21-11-3-2-4-12-21)26-20-22-19-23(26)29(22)36-30(33)31(34)24-14-5-7-16-27(24)35-28-17-8-6-15-25(28)31/h2-8,11-12,14-17,22-23,26,29,34H,9-10,13,18-20H2,1H3. The highest BCUT2D eigenvalue weighted by atomic mass is 16.6. The molecular weight excluding hydrogens is 450 g/mol. The second-order valence-corrected chi connectivity index (χ2v) is 10.6. The van der Waals surface area contributed by atoms with Gasteiger partial charge in [-0.15, -0.1) is 0 Å². The highest BCUT2D eigenvalue weighted by Crippen LogP contribution is 2.54. The Morgan fingerprint density at radius 1 is 0.944 bits per heavy atom. The molecule has 186 valence electrons. The highest BCUT2D eigenvalue weighted by Gasteiger charge is 2.58. The number of aliphatic hydroxyl groups is 1. The minimum absolute atomic E-state index is 0.138. The molecule has 0 amide bonds. The molecule has 7 rings (SSSR count). The number of fused-ring (bicyclic) bond motifs is 3. The first kappa shape index (κ1) is 23.3. The lowest BCUT2D eigenvalue weighted by molar-refractivity contribution is -0.180. The van der Waals surface area contributed by atoms with Crippen LogP contribution in [-0.4, -0.2) is 41.7 Å². The van der Waals surface area contributed by atoms with Gasteiger partial charge in [-0.25, -0.2) is 4.79 Å². The number of carbonyl (C=O) groups excluding carboxylic acids is 1. The topological polar surface area (TPSA) is 59.0 Å². The molecule has 3 saturated carbocycles. The normalized spacial score (nSPS) is 24.9. The van der Waals surface area contributed by atoms with E-state index in [9.17, 15) is 9.90 Å². The Bertz CT molecular complexity index is 1200. The molecule has 4 atom stereocenters. The van der Waals surface area contributed by atoms with Crippen molar-refractivity contribution in [2.75, 3.05) is 13.6 Å². The lowest BCUT2D eigenvalue weighted by Gasteiger charge is -2.41. The van der Waals surface area contributed by atoms with Crippen LogP contribution in [0, 0.1) is 11.8 Å². The summed E-state index contributed by atoms with van der Waals surface area (Å²) in [6, 6.07) is 25.4. The number of unbranched alkanes of at least 4 members (excludes halogenated alkanes) is 1. The number of para-hydroxylation sites is 2. The van der Waals surface area contributed by atoms with Gasteiger partial charge < -0.3 is 19.5 Å². The van der Waals surface area contributed by atoms with Crippen molar-refractivity contribution in [1.29, 1.82) is 0 Å². The average molecular weight is 484 g/mol. The van der Waals surface area contributed by atoms with E-state index in [1.165, 1.54) is 12.0 Å². The number of benzene rings is 3. The number of aryl methyl sites for hydroxylation is 1. The third-order valence-electron chi connectivity index (χ3n) is 8.45. The molecule has 5 heteroatoms. The van der Waals surface area contributed by atoms with E-state index in [1.807, 2.05) is 24.3 Å². The summed E-state index contributed by atoms with van der Waals surface area (Å²) in [7, 11) is 2.20. The third-order valence-corrected chi connectivity index (χ3v) is 8.45. The summed E-state index contributed by atoms with van der Waals surface area (Å²) in [5, 5.41) is 11.9. The Morgan fingerprint density at radius 2 is 1.58 bits per heavy atom. The Hall–Kier alpha value is -3.15. The van der Waals surface area contributed by atoms with Crippen molar-refractivity contribution in [2.45, 2.75) is 49.9 Å². The van der Waals surface area contributed by atoms with Crippen LogP contribution in [0.1, 0.15) is 42.4 Å². The molecule has 0 spiro atoms. The molecule has 4 aliphatic rings. The smallest absolute Gasteiger partial charge is 0.348 e. The largest absolute Gasteiger partial charge is 0.459 e. The maximum absolute atomic E-state index is 13.6. The van der Waals surface area contributed by atoms with Gasteiger partial charge in [0, 0.05) is 23.1 Å². The Kier molecular flexibility index (Phi) is 6.06. The molecule has 3 fully saturated rings. The van der Waals surface area contributed by atoms with Crippen LogP contribution in [0.3, 0.4) is 0 Å². The van der Waals surface area contributed by atoms with E-state index >= 15 is 0 Å². The molecule has 0 radical (unpaired) electrons. The molecule has 2 bridgehead atoms. The minimum atomic E-state index is -1.88. The zero-order valence-electron chi connectivity index (χ0n) is 20.7. The Balaban J connectivity index is 1.11. The van der Waals surface area contributed by atoms with E-state index in [2.05, 4.69) is 42.3 Å². The van der Waals surface area contributed by atoms with Gasteiger partial charge in [0.1, 0.15) is 17.6 Å². The van der Waals surface area contributed by atoms with Gasteiger partial charge in [0.2, 0.25) is 5.60 Å². The molecule has 3 aromatic carbocycles. The summed E-state index contributed by atoms with van der Waals surface area (Å²) in [5.41, 5.74) is 0.392. The van der Waals surface area contributed by atoms with Gasteiger partial charge in [-0.05, 0) is 69.3 Å². The summed E-state index contributed by atoms with van der Waals surface area (Å²) in [5.74, 6) is 1.06. The number of carbonyl (C=O) groups is 1. The maximum atomic E-state index is 13.6. The van der Waals surface area contributed by atoms with Crippen molar-refractivity contribution in [3.8, 4) is 11.5 Å². The zero-order valence-corrected chi connectivity index (χ0v) is 20.7. The van der Waals surface area contributed by atoms with Gasteiger partial charge in [0.25, 0.3) is 0 Å². The molecule has 4 unspecified atom stereocenters. The van der Waals surface area contributed by atoms with Crippen molar-refractivity contribution in [1.82, 2.24) is 4.90 Å². The first-order chi connectivity index (χ1) is 17.6. The maximum Gasteiger partial charge on any atom is 0.348 e. The van der Waals surface area contributed by atoms with Crippen LogP contribution in [0.15, 0.2) is 78.9 Å². The fourth-order valence-corrected chi connectivity index (χ4v) is 6.46. The summed E-state index contributed by atoms with van der Waals surface area (Å²) in [6.45, 7) is 1.05. The molecule has 3 aliphatic carbocycles. The molecule has 1 heterocycles. The van der Waals surface area contributed by atoms with E-state index in [-0.39, 0.29) is 6.10 Å². The van der Waals surface area contributed by atoms with Crippen LogP contribution in [0.5, 0.6) is 11.5 Å². The number of nitrogens with zero attached hydrogens (tertiary/aromatic N) is 1. The van der Waals surface area contributed by atoms with Gasteiger partial charge >= 0.3 is 5.97 Å². The predicted molar refractivity (Wildman–Crippen MR) is 138 cm³/mol.